The molecular weight excluding hydrogens is 367 g/mol. The maximum absolute atomic E-state index is 14.5. The first-order valence-corrected chi connectivity index (χ1v) is 8.93. The summed E-state index contributed by atoms with van der Waals surface area (Å²) in [6, 6.07) is 6.88. The van der Waals surface area contributed by atoms with Crippen LogP contribution in [0.4, 0.5) is 21.7 Å². The topological polar surface area (TPSA) is 81.7 Å². The molecule has 27 heavy (non-hydrogen) atoms. The standard InChI is InChI=1S/C19H18ClFN6/c1-10-4-3-5-14-16(10)27(11(2)23-14)19-25-17(22)15(21)18(26-19)24-13-8-6-12(20)7-9-13/h3,5-10H,4H2,1-2H3,(H3,22,24,25,26). The van der Waals surface area contributed by atoms with Crippen LogP contribution in [0.5, 0.6) is 0 Å². The number of hydrogen-bond acceptors (Lipinski definition) is 5. The number of aryl methyl sites for hydroxylation is 1. The fourth-order valence-corrected chi connectivity index (χ4v) is 3.34. The van der Waals surface area contributed by atoms with Gasteiger partial charge in [-0.05, 0) is 43.7 Å². The van der Waals surface area contributed by atoms with E-state index >= 15 is 0 Å². The number of nitrogens with zero attached hydrogens (tertiary/aromatic N) is 4. The van der Waals surface area contributed by atoms with Crippen molar-refractivity contribution in [3.8, 4) is 5.95 Å². The van der Waals surface area contributed by atoms with Crippen molar-refractivity contribution in [2.24, 2.45) is 0 Å². The Morgan fingerprint density at radius 1 is 1.22 bits per heavy atom. The molecular formula is C19H18ClFN6. The molecule has 0 saturated heterocycles. The van der Waals surface area contributed by atoms with E-state index in [-0.39, 0.29) is 17.6 Å². The van der Waals surface area contributed by atoms with Crippen LogP contribution in [0.15, 0.2) is 30.3 Å². The number of imidazole rings is 1. The first-order valence-electron chi connectivity index (χ1n) is 8.55. The van der Waals surface area contributed by atoms with Gasteiger partial charge in [0.05, 0.1) is 11.4 Å². The highest BCUT2D eigenvalue weighted by Gasteiger charge is 2.24. The number of anilines is 3. The molecule has 4 rings (SSSR count). The molecule has 138 valence electrons. The van der Waals surface area contributed by atoms with E-state index in [0.717, 1.165) is 23.6 Å². The van der Waals surface area contributed by atoms with Crippen molar-refractivity contribution in [3.63, 3.8) is 0 Å². The van der Waals surface area contributed by atoms with Crippen LogP contribution < -0.4 is 11.1 Å². The number of aromatic nitrogens is 4. The molecule has 2 aromatic heterocycles. The predicted molar refractivity (Wildman–Crippen MR) is 105 cm³/mol. The molecule has 1 aliphatic rings. The van der Waals surface area contributed by atoms with Gasteiger partial charge < -0.3 is 11.1 Å². The molecule has 1 unspecified atom stereocenters. The minimum absolute atomic E-state index is 0.000627. The molecule has 0 radical (unpaired) electrons. The summed E-state index contributed by atoms with van der Waals surface area (Å²) in [5, 5.41) is 3.53. The van der Waals surface area contributed by atoms with Gasteiger partial charge in [-0.1, -0.05) is 24.6 Å². The van der Waals surface area contributed by atoms with Crippen LogP contribution >= 0.6 is 11.6 Å². The van der Waals surface area contributed by atoms with Gasteiger partial charge in [-0.2, -0.15) is 14.4 Å². The zero-order valence-corrected chi connectivity index (χ0v) is 15.6. The molecule has 0 spiro atoms. The predicted octanol–water partition coefficient (Wildman–Crippen LogP) is 4.61. The van der Waals surface area contributed by atoms with E-state index in [0.29, 0.717) is 16.7 Å². The SMILES string of the molecule is Cc1nc2c(n1-c1nc(N)c(F)c(Nc3ccc(Cl)cc3)n1)C(C)CC=C2. The number of fused-ring (bicyclic) bond motifs is 1. The molecule has 0 saturated carbocycles. The largest absolute Gasteiger partial charge is 0.381 e. The third-order valence-electron chi connectivity index (χ3n) is 4.51. The minimum atomic E-state index is -0.701. The van der Waals surface area contributed by atoms with Crippen LogP contribution in [0.25, 0.3) is 12.0 Å². The maximum Gasteiger partial charge on any atom is 0.239 e. The maximum atomic E-state index is 14.5. The van der Waals surface area contributed by atoms with E-state index in [1.54, 1.807) is 24.3 Å². The number of allylic oxidation sites excluding steroid dienone is 1. The Labute approximate surface area is 160 Å². The molecule has 0 bridgehead atoms. The molecule has 3 N–H and O–H groups in total. The van der Waals surface area contributed by atoms with Crippen LogP contribution in [-0.4, -0.2) is 19.5 Å². The van der Waals surface area contributed by atoms with E-state index in [1.165, 1.54) is 0 Å². The van der Waals surface area contributed by atoms with Crippen molar-refractivity contribution >= 4 is 35.0 Å². The van der Waals surface area contributed by atoms with Crippen molar-refractivity contribution in [3.05, 3.63) is 58.4 Å². The summed E-state index contributed by atoms with van der Waals surface area (Å²) in [4.78, 5) is 13.1. The van der Waals surface area contributed by atoms with E-state index < -0.39 is 5.82 Å². The number of halogens is 2. The molecule has 6 nitrogen and oxygen atoms in total. The molecule has 1 aromatic carbocycles. The number of rotatable bonds is 3. The van der Waals surface area contributed by atoms with Gasteiger partial charge in [0, 0.05) is 16.6 Å². The van der Waals surface area contributed by atoms with Crippen LogP contribution in [0.3, 0.4) is 0 Å². The second-order valence-electron chi connectivity index (χ2n) is 6.51. The molecule has 0 amide bonds. The van der Waals surface area contributed by atoms with E-state index in [9.17, 15) is 4.39 Å². The summed E-state index contributed by atoms with van der Waals surface area (Å²) >= 11 is 5.90. The second-order valence-corrected chi connectivity index (χ2v) is 6.94. The van der Waals surface area contributed by atoms with Gasteiger partial charge in [0.25, 0.3) is 0 Å². The molecule has 0 fully saturated rings. The van der Waals surface area contributed by atoms with E-state index in [1.807, 2.05) is 17.6 Å². The smallest absolute Gasteiger partial charge is 0.239 e. The number of nitrogens with one attached hydrogen (secondary N) is 1. The van der Waals surface area contributed by atoms with Gasteiger partial charge >= 0.3 is 0 Å². The Morgan fingerprint density at radius 2 is 1.96 bits per heavy atom. The summed E-state index contributed by atoms with van der Waals surface area (Å²) in [5.74, 6) is 0.334. The lowest BCUT2D eigenvalue weighted by molar-refractivity contribution is 0.619. The normalized spacial score (nSPS) is 15.6. The average Bonchev–Trinajstić information content (AvgIpc) is 2.98. The third-order valence-corrected chi connectivity index (χ3v) is 4.77. The third kappa shape index (κ3) is 3.14. The zero-order valence-electron chi connectivity index (χ0n) is 14.9. The summed E-state index contributed by atoms with van der Waals surface area (Å²) < 4.78 is 16.4. The fraction of sp³-hybridized carbons (Fsp3) is 0.211. The van der Waals surface area contributed by atoms with Crippen LogP contribution in [0.2, 0.25) is 5.02 Å². The van der Waals surface area contributed by atoms with Gasteiger partial charge in [-0.25, -0.2) is 4.98 Å². The lowest BCUT2D eigenvalue weighted by Crippen LogP contribution is -2.14. The summed E-state index contributed by atoms with van der Waals surface area (Å²) in [7, 11) is 0. The lowest BCUT2D eigenvalue weighted by atomic mass is 9.97. The summed E-state index contributed by atoms with van der Waals surface area (Å²) in [6.07, 6.45) is 4.97. The highest BCUT2D eigenvalue weighted by molar-refractivity contribution is 6.30. The Kier molecular flexibility index (Phi) is 4.31. The molecule has 1 aliphatic carbocycles. The molecule has 3 aromatic rings. The Morgan fingerprint density at radius 3 is 2.70 bits per heavy atom. The van der Waals surface area contributed by atoms with Gasteiger partial charge in [0.15, 0.2) is 11.6 Å². The zero-order chi connectivity index (χ0) is 19.1. The summed E-state index contributed by atoms with van der Waals surface area (Å²) in [6.45, 7) is 3.98. The lowest BCUT2D eigenvalue weighted by Gasteiger charge is -2.18. The van der Waals surface area contributed by atoms with Gasteiger partial charge in [0.1, 0.15) is 5.82 Å². The molecule has 1 atom stereocenters. The van der Waals surface area contributed by atoms with Crippen LogP contribution in [-0.2, 0) is 0 Å². The van der Waals surface area contributed by atoms with Crippen molar-refractivity contribution in [2.45, 2.75) is 26.2 Å². The van der Waals surface area contributed by atoms with Crippen molar-refractivity contribution in [1.29, 1.82) is 0 Å². The van der Waals surface area contributed by atoms with Crippen molar-refractivity contribution in [1.82, 2.24) is 19.5 Å². The monoisotopic (exact) mass is 384 g/mol. The Balaban J connectivity index is 1.82. The van der Waals surface area contributed by atoms with Crippen LogP contribution in [0, 0.1) is 12.7 Å². The quantitative estimate of drug-likeness (QED) is 0.689. The van der Waals surface area contributed by atoms with E-state index in [4.69, 9.17) is 17.3 Å². The van der Waals surface area contributed by atoms with Gasteiger partial charge in [-0.3, -0.25) is 4.57 Å². The highest BCUT2D eigenvalue weighted by atomic mass is 35.5. The first-order chi connectivity index (χ1) is 12.9. The van der Waals surface area contributed by atoms with Gasteiger partial charge in [-0.15, -0.1) is 0 Å². The first kappa shape index (κ1) is 17.5. The summed E-state index contributed by atoms with van der Waals surface area (Å²) in [5.41, 5.74) is 8.35. The van der Waals surface area contributed by atoms with Gasteiger partial charge in [0.2, 0.25) is 11.8 Å². The number of benzene rings is 1. The highest BCUT2D eigenvalue weighted by Crippen LogP contribution is 2.32. The van der Waals surface area contributed by atoms with E-state index in [2.05, 4.69) is 33.3 Å². The van der Waals surface area contributed by atoms with Crippen molar-refractivity contribution < 1.29 is 4.39 Å². The average molecular weight is 385 g/mol. The minimum Gasteiger partial charge on any atom is -0.381 e. The second kappa shape index (κ2) is 6.66. The molecule has 0 aliphatic heterocycles. The number of nitrogen functional groups attached to an aromatic ring is 1. The van der Waals surface area contributed by atoms with Crippen molar-refractivity contribution in [2.75, 3.05) is 11.1 Å². The number of hydrogen-bond donors (Lipinski definition) is 2. The number of nitrogens with two attached hydrogens (primary N) is 1. The Bertz CT molecular complexity index is 1040. The Hall–Kier alpha value is -2.93. The molecule has 2 heterocycles. The fourth-order valence-electron chi connectivity index (χ4n) is 3.22. The molecule has 8 heteroatoms. The van der Waals surface area contributed by atoms with Crippen LogP contribution in [0.1, 0.15) is 36.5 Å².